The highest BCUT2D eigenvalue weighted by Crippen LogP contribution is 2.18. The number of carbonyl (C=O) groups is 1. The first-order chi connectivity index (χ1) is 8.71. The van der Waals surface area contributed by atoms with Crippen LogP contribution < -0.4 is 5.73 Å². The molecule has 114 valence electrons. The fraction of sp³-hybridized carbons (Fsp3) is 0.923. The third-order valence-corrected chi connectivity index (χ3v) is 3.43. The largest absolute Gasteiger partial charge is 0.381 e. The van der Waals surface area contributed by atoms with Crippen LogP contribution in [0.5, 0.6) is 0 Å². The van der Waals surface area contributed by atoms with Gasteiger partial charge in [-0.05, 0) is 25.7 Å². The number of halogens is 1. The summed E-state index contributed by atoms with van der Waals surface area (Å²) in [4.78, 5) is 14.0. The molecule has 2 unspecified atom stereocenters. The van der Waals surface area contributed by atoms with E-state index in [-0.39, 0.29) is 24.4 Å². The molecule has 0 aliphatic carbocycles. The third kappa shape index (κ3) is 6.56. The van der Waals surface area contributed by atoms with E-state index in [1.165, 1.54) is 0 Å². The molecule has 0 spiro atoms. The minimum Gasteiger partial charge on any atom is -0.381 e. The molecule has 2 atom stereocenters. The van der Waals surface area contributed by atoms with Crippen molar-refractivity contribution < 1.29 is 14.3 Å². The van der Waals surface area contributed by atoms with Crippen molar-refractivity contribution in [2.45, 2.75) is 32.3 Å². The van der Waals surface area contributed by atoms with Crippen LogP contribution in [0.15, 0.2) is 0 Å². The molecule has 0 aromatic rings. The highest BCUT2D eigenvalue weighted by molar-refractivity contribution is 5.85. The molecule has 0 aromatic heterocycles. The lowest BCUT2D eigenvalue weighted by molar-refractivity contribution is -0.135. The first kappa shape index (κ1) is 18.6. The first-order valence-corrected chi connectivity index (χ1v) is 6.79. The van der Waals surface area contributed by atoms with Gasteiger partial charge in [0.05, 0.1) is 19.1 Å². The number of rotatable bonds is 7. The van der Waals surface area contributed by atoms with E-state index in [9.17, 15) is 4.79 Å². The van der Waals surface area contributed by atoms with Gasteiger partial charge >= 0.3 is 0 Å². The lowest BCUT2D eigenvalue weighted by atomic mass is 9.98. The molecule has 19 heavy (non-hydrogen) atoms. The zero-order valence-corrected chi connectivity index (χ0v) is 12.8. The van der Waals surface area contributed by atoms with E-state index in [2.05, 4.69) is 0 Å². The van der Waals surface area contributed by atoms with Gasteiger partial charge in [0.1, 0.15) is 0 Å². The van der Waals surface area contributed by atoms with Crippen LogP contribution in [0.2, 0.25) is 0 Å². The van der Waals surface area contributed by atoms with Crippen LogP contribution >= 0.6 is 12.4 Å². The van der Waals surface area contributed by atoms with Gasteiger partial charge in [0.25, 0.3) is 0 Å². The number of likely N-dealkylation sites (tertiary alicyclic amines) is 1. The van der Waals surface area contributed by atoms with Crippen molar-refractivity contribution in [1.82, 2.24) is 4.90 Å². The number of nitrogens with zero attached hydrogens (tertiary/aromatic N) is 1. The van der Waals surface area contributed by atoms with E-state index in [1.54, 1.807) is 7.11 Å². The number of hydrogen-bond acceptors (Lipinski definition) is 4. The zero-order chi connectivity index (χ0) is 13.4. The highest BCUT2D eigenvalue weighted by Gasteiger charge is 2.25. The number of ether oxygens (including phenoxy) is 2. The van der Waals surface area contributed by atoms with Crippen molar-refractivity contribution in [2.24, 2.45) is 11.7 Å². The Morgan fingerprint density at radius 2 is 2.26 bits per heavy atom. The predicted molar refractivity (Wildman–Crippen MR) is 77.5 cm³/mol. The lowest BCUT2D eigenvalue weighted by Gasteiger charge is -2.33. The number of amides is 1. The van der Waals surface area contributed by atoms with Gasteiger partial charge in [0.2, 0.25) is 5.91 Å². The van der Waals surface area contributed by atoms with Gasteiger partial charge in [-0.2, -0.15) is 0 Å². The second-order valence-corrected chi connectivity index (χ2v) is 4.81. The maximum Gasteiger partial charge on any atom is 0.225 e. The summed E-state index contributed by atoms with van der Waals surface area (Å²) in [5.74, 6) is 0.620. The molecule has 1 aliphatic heterocycles. The molecular formula is C13H27ClN2O3. The quantitative estimate of drug-likeness (QED) is 0.762. The summed E-state index contributed by atoms with van der Waals surface area (Å²) in [5.41, 5.74) is 5.54. The molecule has 0 aromatic carbocycles. The van der Waals surface area contributed by atoms with E-state index in [0.29, 0.717) is 18.9 Å². The van der Waals surface area contributed by atoms with Gasteiger partial charge in [-0.1, -0.05) is 0 Å². The normalized spacial score (nSPS) is 20.8. The maximum absolute atomic E-state index is 12.1. The topological polar surface area (TPSA) is 64.8 Å². The average molecular weight is 295 g/mol. The predicted octanol–water partition coefficient (Wildman–Crippen LogP) is 1.05. The van der Waals surface area contributed by atoms with Crippen LogP contribution in [0, 0.1) is 5.92 Å². The third-order valence-electron chi connectivity index (χ3n) is 3.43. The zero-order valence-electron chi connectivity index (χ0n) is 12.0. The molecule has 1 heterocycles. The van der Waals surface area contributed by atoms with Crippen LogP contribution in [0.25, 0.3) is 0 Å². The molecule has 5 nitrogen and oxygen atoms in total. The van der Waals surface area contributed by atoms with Gasteiger partial charge in [0.15, 0.2) is 0 Å². The molecule has 0 radical (unpaired) electrons. The molecule has 1 aliphatic rings. The van der Waals surface area contributed by atoms with Crippen LogP contribution in [0.3, 0.4) is 0 Å². The SMILES string of the molecule is CCOCC1CCCN(C(=O)CC(CN)OC)C1.Cl. The van der Waals surface area contributed by atoms with E-state index >= 15 is 0 Å². The summed E-state index contributed by atoms with van der Waals surface area (Å²) in [7, 11) is 1.60. The van der Waals surface area contributed by atoms with E-state index in [1.807, 2.05) is 11.8 Å². The molecule has 6 heteroatoms. The van der Waals surface area contributed by atoms with Gasteiger partial charge in [-0.25, -0.2) is 0 Å². The Morgan fingerprint density at radius 3 is 2.84 bits per heavy atom. The van der Waals surface area contributed by atoms with Crippen molar-refractivity contribution in [3.63, 3.8) is 0 Å². The lowest BCUT2D eigenvalue weighted by Crippen LogP contribution is -2.43. The monoisotopic (exact) mass is 294 g/mol. The van der Waals surface area contributed by atoms with E-state index < -0.39 is 0 Å². The fourth-order valence-corrected chi connectivity index (χ4v) is 2.30. The Hall–Kier alpha value is -0.360. The van der Waals surface area contributed by atoms with Crippen LogP contribution in [0.4, 0.5) is 0 Å². The van der Waals surface area contributed by atoms with Crippen LogP contribution in [0.1, 0.15) is 26.2 Å². The summed E-state index contributed by atoms with van der Waals surface area (Å²) in [6, 6.07) is 0. The Kier molecular flexibility index (Phi) is 10.2. The molecular weight excluding hydrogens is 268 g/mol. The summed E-state index contributed by atoms with van der Waals surface area (Å²) in [5, 5.41) is 0. The van der Waals surface area contributed by atoms with Gasteiger partial charge in [-0.15, -0.1) is 12.4 Å². The van der Waals surface area contributed by atoms with Crippen molar-refractivity contribution in [3.05, 3.63) is 0 Å². The number of hydrogen-bond donors (Lipinski definition) is 1. The molecule has 2 N–H and O–H groups in total. The molecule has 1 amide bonds. The van der Waals surface area contributed by atoms with Gasteiger partial charge < -0.3 is 20.1 Å². The fourth-order valence-electron chi connectivity index (χ4n) is 2.30. The van der Waals surface area contributed by atoms with Crippen molar-refractivity contribution in [3.8, 4) is 0 Å². The maximum atomic E-state index is 12.1. The number of piperidine rings is 1. The van der Waals surface area contributed by atoms with Crippen LogP contribution in [-0.4, -0.2) is 56.9 Å². The summed E-state index contributed by atoms with van der Waals surface area (Å²) < 4.78 is 10.6. The standard InChI is InChI=1S/C13H26N2O3.ClH/c1-3-18-10-11-5-4-6-15(9-11)13(16)7-12(8-14)17-2;/h11-12H,3-10,14H2,1-2H3;1H. The molecule has 0 bridgehead atoms. The number of nitrogens with two attached hydrogens (primary N) is 1. The molecule has 1 fully saturated rings. The van der Waals surface area contributed by atoms with E-state index in [4.69, 9.17) is 15.2 Å². The Morgan fingerprint density at radius 1 is 1.53 bits per heavy atom. The van der Waals surface area contributed by atoms with Crippen molar-refractivity contribution in [1.29, 1.82) is 0 Å². The summed E-state index contributed by atoms with van der Waals surface area (Å²) >= 11 is 0. The van der Waals surface area contributed by atoms with Crippen LogP contribution in [-0.2, 0) is 14.3 Å². The summed E-state index contributed by atoms with van der Waals surface area (Å²) in [6.45, 7) is 5.53. The van der Waals surface area contributed by atoms with E-state index in [0.717, 1.165) is 39.1 Å². The molecule has 0 saturated carbocycles. The summed E-state index contributed by atoms with van der Waals surface area (Å²) in [6.07, 6.45) is 2.43. The first-order valence-electron chi connectivity index (χ1n) is 6.79. The number of carbonyl (C=O) groups excluding carboxylic acids is 1. The van der Waals surface area contributed by atoms with Crippen molar-refractivity contribution in [2.75, 3.05) is 40.0 Å². The molecule has 1 saturated heterocycles. The highest BCUT2D eigenvalue weighted by atomic mass is 35.5. The Labute approximate surface area is 122 Å². The van der Waals surface area contributed by atoms with Gasteiger partial charge in [-0.3, -0.25) is 4.79 Å². The second-order valence-electron chi connectivity index (χ2n) is 4.81. The average Bonchev–Trinajstić information content (AvgIpc) is 2.42. The number of methoxy groups -OCH3 is 1. The minimum absolute atomic E-state index is 0. The Bertz CT molecular complexity index is 250. The Balaban J connectivity index is 0.00000324. The van der Waals surface area contributed by atoms with Gasteiger partial charge in [0, 0.05) is 33.4 Å². The smallest absolute Gasteiger partial charge is 0.225 e. The second kappa shape index (κ2) is 10.4. The minimum atomic E-state index is -0.162. The van der Waals surface area contributed by atoms with Crippen molar-refractivity contribution >= 4 is 18.3 Å². The molecule has 1 rings (SSSR count).